The third-order valence-electron chi connectivity index (χ3n) is 4.24. The van der Waals surface area contributed by atoms with E-state index in [1.807, 2.05) is 25.1 Å². The summed E-state index contributed by atoms with van der Waals surface area (Å²) >= 11 is 0. The Balaban J connectivity index is 2.05. The average Bonchev–Trinajstić information content (AvgIpc) is 2.54. The Morgan fingerprint density at radius 2 is 1.90 bits per heavy atom. The van der Waals surface area contributed by atoms with Crippen LogP contribution in [0.4, 0.5) is 0 Å². The molecule has 0 radical (unpaired) electrons. The van der Waals surface area contributed by atoms with Crippen molar-refractivity contribution >= 4 is 5.91 Å². The van der Waals surface area contributed by atoms with E-state index in [0.29, 0.717) is 0 Å². The molecule has 0 aliphatic heterocycles. The van der Waals surface area contributed by atoms with Crippen LogP contribution in [0, 0.1) is 5.92 Å². The summed E-state index contributed by atoms with van der Waals surface area (Å²) in [4.78, 5) is 12.3. The molecular weight excluding hydrogens is 266 g/mol. The van der Waals surface area contributed by atoms with E-state index in [1.54, 1.807) is 14.2 Å². The van der Waals surface area contributed by atoms with Gasteiger partial charge in [0.05, 0.1) is 20.3 Å². The van der Waals surface area contributed by atoms with Gasteiger partial charge in [0.2, 0.25) is 5.91 Å². The molecule has 4 heteroatoms. The number of benzene rings is 1. The van der Waals surface area contributed by atoms with Gasteiger partial charge in [0, 0.05) is 17.5 Å². The van der Waals surface area contributed by atoms with E-state index >= 15 is 0 Å². The molecule has 1 atom stereocenters. The molecule has 0 aromatic heterocycles. The van der Waals surface area contributed by atoms with E-state index in [1.165, 1.54) is 19.3 Å². The second-order valence-electron chi connectivity index (χ2n) is 5.67. The van der Waals surface area contributed by atoms with Crippen molar-refractivity contribution in [3.8, 4) is 11.5 Å². The van der Waals surface area contributed by atoms with Gasteiger partial charge < -0.3 is 14.8 Å². The number of hydrogen-bond donors (Lipinski definition) is 1. The van der Waals surface area contributed by atoms with Gasteiger partial charge in [-0.1, -0.05) is 19.3 Å². The fourth-order valence-corrected chi connectivity index (χ4v) is 2.95. The van der Waals surface area contributed by atoms with Crippen LogP contribution in [0.1, 0.15) is 50.6 Å². The van der Waals surface area contributed by atoms with Gasteiger partial charge in [0.1, 0.15) is 11.5 Å². The Morgan fingerprint density at radius 3 is 2.52 bits per heavy atom. The molecule has 0 saturated heterocycles. The first-order chi connectivity index (χ1) is 10.2. The number of methoxy groups -OCH3 is 2. The molecule has 21 heavy (non-hydrogen) atoms. The van der Waals surface area contributed by atoms with Crippen molar-refractivity contribution in [2.75, 3.05) is 14.2 Å². The van der Waals surface area contributed by atoms with E-state index in [2.05, 4.69) is 5.32 Å². The lowest BCUT2D eigenvalue weighted by Gasteiger charge is -2.24. The molecule has 0 heterocycles. The molecule has 1 aliphatic carbocycles. The highest BCUT2D eigenvalue weighted by molar-refractivity contribution is 5.79. The van der Waals surface area contributed by atoms with Crippen LogP contribution in [0.25, 0.3) is 0 Å². The first kappa shape index (κ1) is 15.7. The van der Waals surface area contributed by atoms with Crippen LogP contribution in [0.5, 0.6) is 11.5 Å². The van der Waals surface area contributed by atoms with Gasteiger partial charge in [-0.05, 0) is 31.9 Å². The zero-order valence-electron chi connectivity index (χ0n) is 13.1. The normalized spacial score (nSPS) is 17.1. The summed E-state index contributed by atoms with van der Waals surface area (Å²) in [5.74, 6) is 1.83. The van der Waals surface area contributed by atoms with E-state index < -0.39 is 0 Å². The molecule has 1 aliphatic rings. The fraction of sp³-hybridized carbons (Fsp3) is 0.588. The Labute approximate surface area is 126 Å². The van der Waals surface area contributed by atoms with Gasteiger partial charge >= 0.3 is 0 Å². The van der Waals surface area contributed by atoms with E-state index in [9.17, 15) is 4.79 Å². The van der Waals surface area contributed by atoms with Gasteiger partial charge in [-0.15, -0.1) is 0 Å². The first-order valence-corrected chi connectivity index (χ1v) is 7.68. The largest absolute Gasteiger partial charge is 0.497 e. The van der Waals surface area contributed by atoms with Crippen molar-refractivity contribution in [3.05, 3.63) is 23.8 Å². The lowest BCUT2D eigenvalue weighted by molar-refractivity contribution is -0.126. The topological polar surface area (TPSA) is 47.6 Å². The van der Waals surface area contributed by atoms with Crippen LogP contribution in [0.3, 0.4) is 0 Å². The highest BCUT2D eigenvalue weighted by Crippen LogP contribution is 2.30. The molecule has 1 aromatic carbocycles. The van der Waals surface area contributed by atoms with E-state index in [4.69, 9.17) is 9.47 Å². The smallest absolute Gasteiger partial charge is 0.223 e. The minimum Gasteiger partial charge on any atom is -0.497 e. The summed E-state index contributed by atoms with van der Waals surface area (Å²) in [7, 11) is 3.26. The number of carbonyl (C=O) groups is 1. The zero-order valence-corrected chi connectivity index (χ0v) is 13.1. The number of hydrogen-bond acceptors (Lipinski definition) is 3. The number of nitrogens with one attached hydrogen (secondary N) is 1. The van der Waals surface area contributed by atoms with Crippen LogP contribution >= 0.6 is 0 Å². The minimum atomic E-state index is -0.0692. The van der Waals surface area contributed by atoms with E-state index in [-0.39, 0.29) is 17.9 Å². The molecule has 1 unspecified atom stereocenters. The summed E-state index contributed by atoms with van der Waals surface area (Å²) in [6.45, 7) is 1.99. The SMILES string of the molecule is COc1ccc(C(C)NC(=O)C2CCCCC2)c(OC)c1. The highest BCUT2D eigenvalue weighted by atomic mass is 16.5. The lowest BCUT2D eigenvalue weighted by Crippen LogP contribution is -2.33. The molecular formula is C17H25NO3. The Kier molecular flexibility index (Phi) is 5.48. The summed E-state index contributed by atoms with van der Waals surface area (Å²) in [6, 6.07) is 5.61. The van der Waals surface area contributed by atoms with Crippen LogP contribution in [0.2, 0.25) is 0 Å². The summed E-state index contributed by atoms with van der Waals surface area (Å²) in [5.41, 5.74) is 0.974. The number of amides is 1. The Morgan fingerprint density at radius 1 is 1.19 bits per heavy atom. The maximum atomic E-state index is 12.3. The van der Waals surface area contributed by atoms with Crippen molar-refractivity contribution in [1.82, 2.24) is 5.32 Å². The minimum absolute atomic E-state index is 0.0692. The van der Waals surface area contributed by atoms with Crippen molar-refractivity contribution in [2.45, 2.75) is 45.1 Å². The van der Waals surface area contributed by atoms with Crippen LogP contribution in [-0.2, 0) is 4.79 Å². The summed E-state index contributed by atoms with van der Waals surface area (Å²) in [6.07, 6.45) is 5.61. The second kappa shape index (κ2) is 7.34. The number of ether oxygens (including phenoxy) is 2. The molecule has 116 valence electrons. The second-order valence-corrected chi connectivity index (χ2v) is 5.67. The third-order valence-corrected chi connectivity index (χ3v) is 4.24. The fourth-order valence-electron chi connectivity index (χ4n) is 2.95. The molecule has 2 rings (SSSR count). The molecule has 1 fully saturated rings. The Hall–Kier alpha value is -1.71. The van der Waals surface area contributed by atoms with Crippen LogP contribution in [-0.4, -0.2) is 20.1 Å². The predicted octanol–water partition coefficient (Wildman–Crippen LogP) is 3.46. The lowest BCUT2D eigenvalue weighted by atomic mass is 9.88. The third kappa shape index (κ3) is 3.90. The molecule has 1 saturated carbocycles. The van der Waals surface area contributed by atoms with Crippen molar-refractivity contribution in [1.29, 1.82) is 0 Å². The zero-order chi connectivity index (χ0) is 15.2. The first-order valence-electron chi connectivity index (χ1n) is 7.68. The van der Waals surface area contributed by atoms with Crippen LogP contribution in [0.15, 0.2) is 18.2 Å². The van der Waals surface area contributed by atoms with Crippen molar-refractivity contribution in [2.24, 2.45) is 5.92 Å². The van der Waals surface area contributed by atoms with Gasteiger partial charge in [-0.2, -0.15) is 0 Å². The monoisotopic (exact) mass is 291 g/mol. The highest BCUT2D eigenvalue weighted by Gasteiger charge is 2.23. The van der Waals surface area contributed by atoms with Crippen molar-refractivity contribution in [3.63, 3.8) is 0 Å². The van der Waals surface area contributed by atoms with Gasteiger partial charge in [0.25, 0.3) is 0 Å². The standard InChI is InChI=1S/C17H25NO3/c1-12(18-17(19)13-7-5-4-6-8-13)15-10-9-14(20-2)11-16(15)21-3/h9-13H,4-8H2,1-3H3,(H,18,19). The quantitative estimate of drug-likeness (QED) is 0.903. The number of carbonyl (C=O) groups excluding carboxylic acids is 1. The maximum Gasteiger partial charge on any atom is 0.223 e. The van der Waals surface area contributed by atoms with Crippen molar-refractivity contribution < 1.29 is 14.3 Å². The Bertz CT molecular complexity index is 481. The van der Waals surface area contributed by atoms with Gasteiger partial charge in [-0.25, -0.2) is 0 Å². The maximum absolute atomic E-state index is 12.3. The number of rotatable bonds is 5. The van der Waals surface area contributed by atoms with Crippen LogP contribution < -0.4 is 14.8 Å². The molecule has 1 N–H and O–H groups in total. The molecule has 1 aromatic rings. The molecule has 0 bridgehead atoms. The molecule has 1 amide bonds. The van der Waals surface area contributed by atoms with E-state index in [0.717, 1.165) is 29.9 Å². The molecule has 4 nitrogen and oxygen atoms in total. The molecule has 0 spiro atoms. The predicted molar refractivity (Wildman–Crippen MR) is 82.7 cm³/mol. The van der Waals surface area contributed by atoms with Gasteiger partial charge in [0.15, 0.2) is 0 Å². The van der Waals surface area contributed by atoms with Gasteiger partial charge in [-0.3, -0.25) is 4.79 Å². The average molecular weight is 291 g/mol. The summed E-state index contributed by atoms with van der Waals surface area (Å²) in [5, 5.41) is 3.12. The summed E-state index contributed by atoms with van der Waals surface area (Å²) < 4.78 is 10.6.